The van der Waals surface area contributed by atoms with Crippen LogP contribution in [0.25, 0.3) is 0 Å². The first-order chi connectivity index (χ1) is 10.0. The molecule has 2 aromatic carbocycles. The van der Waals surface area contributed by atoms with E-state index >= 15 is 0 Å². The van der Waals surface area contributed by atoms with Crippen LogP contribution in [0.5, 0.6) is 5.75 Å². The second-order valence-electron chi connectivity index (χ2n) is 4.70. The van der Waals surface area contributed by atoms with Crippen molar-refractivity contribution in [3.63, 3.8) is 0 Å². The highest BCUT2D eigenvalue weighted by molar-refractivity contribution is 9.10. The molecule has 0 bridgehead atoms. The van der Waals surface area contributed by atoms with E-state index in [0.29, 0.717) is 11.3 Å². The van der Waals surface area contributed by atoms with Crippen LogP contribution in [0.2, 0.25) is 0 Å². The van der Waals surface area contributed by atoms with Gasteiger partial charge < -0.3 is 15.8 Å². The lowest BCUT2D eigenvalue weighted by Gasteiger charge is -2.15. The molecule has 1 atom stereocenters. The highest BCUT2D eigenvalue weighted by atomic mass is 79.9. The lowest BCUT2D eigenvalue weighted by atomic mass is 10.1. The van der Waals surface area contributed by atoms with Crippen LogP contribution in [0.15, 0.2) is 46.9 Å². The summed E-state index contributed by atoms with van der Waals surface area (Å²) >= 11 is 3.34. The maximum atomic E-state index is 12.3. The predicted octanol–water partition coefficient (Wildman–Crippen LogP) is 3.53. The van der Waals surface area contributed by atoms with Crippen molar-refractivity contribution in [1.82, 2.24) is 5.32 Å². The van der Waals surface area contributed by atoms with Gasteiger partial charge in [-0.15, -0.1) is 0 Å². The lowest BCUT2D eigenvalue weighted by molar-refractivity contribution is 0.0940. The minimum Gasteiger partial charge on any atom is -0.497 e. The Hall–Kier alpha value is -2.01. The Morgan fingerprint density at radius 2 is 1.90 bits per heavy atom. The van der Waals surface area contributed by atoms with Crippen LogP contribution in [-0.2, 0) is 0 Å². The molecule has 0 aliphatic rings. The maximum Gasteiger partial charge on any atom is 0.253 e. The topological polar surface area (TPSA) is 64.3 Å². The van der Waals surface area contributed by atoms with E-state index in [1.807, 2.05) is 31.2 Å². The summed E-state index contributed by atoms with van der Waals surface area (Å²) in [7, 11) is 1.62. The van der Waals surface area contributed by atoms with Crippen LogP contribution in [0.1, 0.15) is 28.9 Å². The van der Waals surface area contributed by atoms with E-state index in [1.54, 1.807) is 25.3 Å². The molecule has 0 fully saturated rings. The van der Waals surface area contributed by atoms with Gasteiger partial charge in [0.05, 0.1) is 18.7 Å². The third-order valence-electron chi connectivity index (χ3n) is 3.22. The highest BCUT2D eigenvalue weighted by Crippen LogP contribution is 2.21. The number of anilines is 1. The van der Waals surface area contributed by atoms with E-state index in [1.165, 1.54) is 0 Å². The van der Waals surface area contributed by atoms with Crippen molar-refractivity contribution in [1.29, 1.82) is 0 Å². The number of amides is 1. The molecule has 0 heterocycles. The standard InChI is InChI=1S/C16H17BrN2O2/c1-10(11-3-6-13(21-2)7-4-11)19-16(20)14-9-12(17)5-8-15(14)18/h3-10H,18H2,1-2H3,(H,19,20)/t10-/m1/s1. The monoisotopic (exact) mass is 348 g/mol. The Labute approximate surface area is 132 Å². The number of nitrogens with one attached hydrogen (secondary N) is 1. The molecular weight excluding hydrogens is 332 g/mol. The van der Waals surface area contributed by atoms with Gasteiger partial charge in [0.15, 0.2) is 0 Å². The summed E-state index contributed by atoms with van der Waals surface area (Å²) in [5.74, 6) is 0.589. The molecule has 0 saturated carbocycles. The predicted molar refractivity (Wildman–Crippen MR) is 87.4 cm³/mol. The fourth-order valence-corrected chi connectivity index (χ4v) is 2.34. The molecular formula is C16H17BrN2O2. The Morgan fingerprint density at radius 1 is 1.24 bits per heavy atom. The van der Waals surface area contributed by atoms with Crippen molar-refractivity contribution in [3.05, 3.63) is 58.1 Å². The van der Waals surface area contributed by atoms with Gasteiger partial charge in [0.2, 0.25) is 0 Å². The zero-order valence-electron chi connectivity index (χ0n) is 11.9. The fourth-order valence-electron chi connectivity index (χ4n) is 1.98. The number of ether oxygens (including phenoxy) is 1. The summed E-state index contributed by atoms with van der Waals surface area (Å²) in [6.07, 6.45) is 0. The summed E-state index contributed by atoms with van der Waals surface area (Å²) in [5, 5.41) is 2.94. The molecule has 3 N–H and O–H groups in total. The first kappa shape index (κ1) is 15.4. The van der Waals surface area contributed by atoms with Crippen LogP contribution in [-0.4, -0.2) is 13.0 Å². The first-order valence-electron chi connectivity index (χ1n) is 6.51. The average Bonchev–Trinajstić information content (AvgIpc) is 2.49. The molecule has 2 aromatic rings. The zero-order valence-corrected chi connectivity index (χ0v) is 13.5. The largest absolute Gasteiger partial charge is 0.497 e. The Bertz CT molecular complexity index is 641. The summed E-state index contributed by atoms with van der Waals surface area (Å²) in [6.45, 7) is 1.92. The van der Waals surface area contributed by atoms with Crippen LogP contribution in [0.4, 0.5) is 5.69 Å². The molecule has 4 nitrogen and oxygen atoms in total. The van der Waals surface area contributed by atoms with E-state index in [2.05, 4.69) is 21.2 Å². The molecule has 0 radical (unpaired) electrons. The molecule has 1 amide bonds. The second kappa shape index (κ2) is 6.63. The van der Waals surface area contributed by atoms with Crippen LogP contribution in [0.3, 0.4) is 0 Å². The summed E-state index contributed by atoms with van der Waals surface area (Å²) in [6, 6.07) is 12.7. The number of nitrogens with two attached hydrogens (primary N) is 1. The number of carbonyl (C=O) groups excluding carboxylic acids is 1. The normalized spacial score (nSPS) is 11.8. The van der Waals surface area contributed by atoms with E-state index in [-0.39, 0.29) is 11.9 Å². The molecule has 0 spiro atoms. The maximum absolute atomic E-state index is 12.3. The number of benzene rings is 2. The van der Waals surface area contributed by atoms with E-state index in [4.69, 9.17) is 10.5 Å². The molecule has 2 rings (SSSR count). The van der Waals surface area contributed by atoms with Gasteiger partial charge in [0.1, 0.15) is 5.75 Å². The number of hydrogen-bond donors (Lipinski definition) is 2. The van der Waals surface area contributed by atoms with Gasteiger partial charge in [0, 0.05) is 10.2 Å². The molecule has 0 saturated heterocycles. The minimum absolute atomic E-state index is 0.123. The van der Waals surface area contributed by atoms with E-state index in [9.17, 15) is 4.79 Å². The van der Waals surface area contributed by atoms with E-state index in [0.717, 1.165) is 15.8 Å². The molecule has 0 aliphatic heterocycles. The molecule has 0 unspecified atom stereocenters. The van der Waals surface area contributed by atoms with Gasteiger partial charge in [-0.25, -0.2) is 0 Å². The molecule has 110 valence electrons. The Kier molecular flexibility index (Phi) is 4.85. The fraction of sp³-hybridized carbons (Fsp3) is 0.188. The van der Waals surface area contributed by atoms with Gasteiger partial charge in [-0.2, -0.15) is 0 Å². The number of halogens is 1. The Balaban J connectivity index is 2.12. The van der Waals surface area contributed by atoms with Crippen molar-refractivity contribution in [2.75, 3.05) is 12.8 Å². The van der Waals surface area contributed by atoms with Crippen molar-refractivity contribution in [2.45, 2.75) is 13.0 Å². The van der Waals surface area contributed by atoms with Gasteiger partial charge in [0.25, 0.3) is 5.91 Å². The lowest BCUT2D eigenvalue weighted by Crippen LogP contribution is -2.27. The van der Waals surface area contributed by atoms with Gasteiger partial charge in [-0.3, -0.25) is 4.79 Å². The minimum atomic E-state index is -0.197. The number of hydrogen-bond acceptors (Lipinski definition) is 3. The quantitative estimate of drug-likeness (QED) is 0.830. The van der Waals surface area contributed by atoms with Gasteiger partial charge in [-0.05, 0) is 42.8 Å². The van der Waals surface area contributed by atoms with Crippen molar-refractivity contribution in [3.8, 4) is 5.75 Å². The van der Waals surface area contributed by atoms with Gasteiger partial charge in [-0.1, -0.05) is 28.1 Å². The SMILES string of the molecule is COc1ccc([C@@H](C)NC(=O)c2cc(Br)ccc2N)cc1. The molecule has 0 aliphatic carbocycles. The van der Waals surface area contributed by atoms with Crippen LogP contribution in [0, 0.1) is 0 Å². The number of methoxy groups -OCH3 is 1. The molecule has 21 heavy (non-hydrogen) atoms. The zero-order chi connectivity index (χ0) is 15.4. The second-order valence-corrected chi connectivity index (χ2v) is 5.62. The van der Waals surface area contributed by atoms with Crippen LogP contribution < -0.4 is 15.8 Å². The Morgan fingerprint density at radius 3 is 2.52 bits per heavy atom. The molecule has 5 heteroatoms. The smallest absolute Gasteiger partial charge is 0.253 e. The summed E-state index contributed by atoms with van der Waals surface area (Å²) in [5.41, 5.74) is 7.76. The number of rotatable bonds is 4. The summed E-state index contributed by atoms with van der Waals surface area (Å²) < 4.78 is 5.94. The van der Waals surface area contributed by atoms with Crippen molar-refractivity contribution < 1.29 is 9.53 Å². The van der Waals surface area contributed by atoms with Crippen molar-refractivity contribution >= 4 is 27.5 Å². The highest BCUT2D eigenvalue weighted by Gasteiger charge is 2.14. The number of carbonyl (C=O) groups is 1. The number of nitrogen functional groups attached to an aromatic ring is 1. The van der Waals surface area contributed by atoms with Crippen LogP contribution >= 0.6 is 15.9 Å². The average molecular weight is 349 g/mol. The summed E-state index contributed by atoms with van der Waals surface area (Å²) in [4.78, 5) is 12.3. The van der Waals surface area contributed by atoms with E-state index < -0.39 is 0 Å². The molecule has 0 aromatic heterocycles. The third kappa shape index (κ3) is 3.76. The first-order valence-corrected chi connectivity index (χ1v) is 7.30. The van der Waals surface area contributed by atoms with Gasteiger partial charge >= 0.3 is 0 Å². The van der Waals surface area contributed by atoms with Crippen molar-refractivity contribution in [2.24, 2.45) is 0 Å². The third-order valence-corrected chi connectivity index (χ3v) is 3.72.